The molecule has 5 heteroatoms. The Kier molecular flexibility index (Phi) is 6.68. The molecule has 0 fully saturated rings. The van der Waals surface area contributed by atoms with E-state index in [4.69, 9.17) is 21.1 Å². The van der Waals surface area contributed by atoms with Crippen LogP contribution in [0.1, 0.15) is 31.4 Å². The summed E-state index contributed by atoms with van der Waals surface area (Å²) in [6.45, 7) is 5.58. The standard InChI is InChI=1S/C18H23ClN2O2/c1-4-13(2)20-10-14-5-7-16(17(9-14)22-3)23-12-15-6-8-18(19)21-11-15/h5-9,11,13,20H,4,10,12H2,1-3H3/t13-/m0/s1. The van der Waals surface area contributed by atoms with E-state index in [1.165, 1.54) is 5.56 Å². The van der Waals surface area contributed by atoms with Crippen molar-refractivity contribution >= 4 is 11.6 Å². The highest BCUT2D eigenvalue weighted by Gasteiger charge is 2.07. The minimum absolute atomic E-state index is 0.422. The van der Waals surface area contributed by atoms with Gasteiger partial charge >= 0.3 is 0 Å². The summed E-state index contributed by atoms with van der Waals surface area (Å²) in [6, 6.07) is 10.1. The topological polar surface area (TPSA) is 43.4 Å². The average molecular weight is 335 g/mol. The molecule has 23 heavy (non-hydrogen) atoms. The molecule has 0 aliphatic carbocycles. The molecule has 0 saturated heterocycles. The number of benzene rings is 1. The molecule has 1 atom stereocenters. The predicted molar refractivity (Wildman–Crippen MR) is 93.2 cm³/mol. The van der Waals surface area contributed by atoms with Crippen LogP contribution in [0.2, 0.25) is 5.15 Å². The van der Waals surface area contributed by atoms with Crippen LogP contribution in [-0.2, 0) is 13.2 Å². The summed E-state index contributed by atoms with van der Waals surface area (Å²) in [5, 5.41) is 3.94. The Morgan fingerprint density at radius 1 is 1.17 bits per heavy atom. The van der Waals surface area contributed by atoms with Crippen LogP contribution in [0.25, 0.3) is 0 Å². The van der Waals surface area contributed by atoms with Crippen molar-refractivity contribution in [3.63, 3.8) is 0 Å². The normalized spacial score (nSPS) is 12.0. The van der Waals surface area contributed by atoms with E-state index >= 15 is 0 Å². The Bertz CT molecular complexity index is 617. The van der Waals surface area contributed by atoms with Crippen molar-refractivity contribution < 1.29 is 9.47 Å². The van der Waals surface area contributed by atoms with Crippen molar-refractivity contribution in [2.75, 3.05) is 7.11 Å². The SMILES string of the molecule is CC[C@H](C)NCc1ccc(OCc2ccc(Cl)nc2)c(OC)c1. The van der Waals surface area contributed by atoms with Crippen LogP contribution in [0.3, 0.4) is 0 Å². The Morgan fingerprint density at radius 3 is 2.61 bits per heavy atom. The molecule has 1 heterocycles. The Labute approximate surface area is 142 Å². The van der Waals surface area contributed by atoms with Gasteiger partial charge in [0.15, 0.2) is 11.5 Å². The van der Waals surface area contributed by atoms with Crippen LogP contribution in [0.5, 0.6) is 11.5 Å². The lowest BCUT2D eigenvalue weighted by Gasteiger charge is -2.14. The second-order valence-electron chi connectivity index (χ2n) is 5.45. The number of ether oxygens (including phenoxy) is 2. The maximum Gasteiger partial charge on any atom is 0.161 e. The molecule has 0 spiro atoms. The number of halogens is 1. The summed E-state index contributed by atoms with van der Waals surface area (Å²) < 4.78 is 11.3. The summed E-state index contributed by atoms with van der Waals surface area (Å²) >= 11 is 5.78. The van der Waals surface area contributed by atoms with Gasteiger partial charge in [-0.15, -0.1) is 0 Å². The predicted octanol–water partition coefficient (Wildman–Crippen LogP) is 4.21. The molecule has 0 unspecified atom stereocenters. The number of methoxy groups -OCH3 is 1. The number of hydrogen-bond donors (Lipinski definition) is 1. The molecule has 0 bridgehead atoms. The molecule has 0 amide bonds. The van der Waals surface area contributed by atoms with Crippen LogP contribution < -0.4 is 14.8 Å². The van der Waals surface area contributed by atoms with E-state index in [2.05, 4.69) is 24.1 Å². The number of nitrogens with one attached hydrogen (secondary N) is 1. The second kappa shape index (κ2) is 8.75. The smallest absolute Gasteiger partial charge is 0.161 e. The molecule has 4 nitrogen and oxygen atoms in total. The van der Waals surface area contributed by atoms with Crippen molar-refractivity contribution in [2.24, 2.45) is 0 Å². The number of nitrogens with zero attached hydrogens (tertiary/aromatic N) is 1. The summed E-state index contributed by atoms with van der Waals surface area (Å²) in [5.74, 6) is 1.45. The fourth-order valence-electron chi connectivity index (χ4n) is 2.03. The number of pyridine rings is 1. The third-order valence-electron chi connectivity index (χ3n) is 3.68. The number of rotatable bonds is 8. The molecule has 124 valence electrons. The van der Waals surface area contributed by atoms with Gasteiger partial charge in [-0.05, 0) is 37.1 Å². The first-order valence-corrected chi connectivity index (χ1v) is 8.13. The largest absolute Gasteiger partial charge is 0.493 e. The van der Waals surface area contributed by atoms with E-state index in [1.807, 2.05) is 24.3 Å². The van der Waals surface area contributed by atoms with Gasteiger partial charge in [-0.2, -0.15) is 0 Å². The quantitative estimate of drug-likeness (QED) is 0.734. The van der Waals surface area contributed by atoms with Gasteiger partial charge in [0.1, 0.15) is 11.8 Å². The fraction of sp³-hybridized carbons (Fsp3) is 0.389. The van der Waals surface area contributed by atoms with Crippen molar-refractivity contribution in [1.29, 1.82) is 0 Å². The molecular weight excluding hydrogens is 312 g/mol. The molecule has 0 aliphatic rings. The Hall–Kier alpha value is -1.78. The molecule has 1 aromatic heterocycles. The third-order valence-corrected chi connectivity index (χ3v) is 3.90. The van der Waals surface area contributed by atoms with Crippen molar-refractivity contribution in [2.45, 2.75) is 39.5 Å². The minimum Gasteiger partial charge on any atom is -0.493 e. The van der Waals surface area contributed by atoms with Crippen LogP contribution in [0.15, 0.2) is 36.5 Å². The van der Waals surface area contributed by atoms with Gasteiger partial charge in [-0.1, -0.05) is 30.7 Å². The molecule has 0 saturated carbocycles. The Balaban J connectivity index is 1.99. The molecule has 2 rings (SSSR count). The van der Waals surface area contributed by atoms with Gasteiger partial charge in [-0.3, -0.25) is 0 Å². The summed E-state index contributed by atoms with van der Waals surface area (Å²) in [6.07, 6.45) is 2.81. The minimum atomic E-state index is 0.422. The van der Waals surface area contributed by atoms with Crippen molar-refractivity contribution in [3.05, 3.63) is 52.8 Å². The fourth-order valence-corrected chi connectivity index (χ4v) is 2.14. The van der Waals surface area contributed by atoms with Crippen molar-refractivity contribution in [3.8, 4) is 11.5 Å². The summed E-state index contributed by atoms with van der Waals surface area (Å²) in [4.78, 5) is 4.04. The zero-order valence-corrected chi connectivity index (χ0v) is 14.6. The first kappa shape index (κ1) is 17.6. The molecule has 1 N–H and O–H groups in total. The second-order valence-corrected chi connectivity index (χ2v) is 5.84. The molecule has 2 aromatic rings. The number of hydrogen-bond acceptors (Lipinski definition) is 4. The molecule has 1 aromatic carbocycles. The molecular formula is C18H23ClN2O2. The lowest BCUT2D eigenvalue weighted by molar-refractivity contribution is 0.284. The van der Waals surface area contributed by atoms with Gasteiger partial charge in [0.2, 0.25) is 0 Å². The first-order chi connectivity index (χ1) is 11.1. The van der Waals surface area contributed by atoms with Gasteiger partial charge in [0, 0.05) is 24.3 Å². The maximum atomic E-state index is 5.83. The van der Waals surface area contributed by atoms with Gasteiger partial charge < -0.3 is 14.8 Å². The first-order valence-electron chi connectivity index (χ1n) is 7.76. The van der Waals surface area contributed by atoms with Crippen LogP contribution in [0.4, 0.5) is 0 Å². The van der Waals surface area contributed by atoms with Gasteiger partial charge in [-0.25, -0.2) is 4.98 Å². The lowest BCUT2D eigenvalue weighted by atomic mass is 10.1. The van der Waals surface area contributed by atoms with Gasteiger partial charge in [0.25, 0.3) is 0 Å². The van der Waals surface area contributed by atoms with E-state index in [0.29, 0.717) is 17.8 Å². The van der Waals surface area contributed by atoms with E-state index < -0.39 is 0 Å². The lowest BCUT2D eigenvalue weighted by Crippen LogP contribution is -2.24. The van der Waals surface area contributed by atoms with E-state index in [1.54, 1.807) is 19.4 Å². The highest BCUT2D eigenvalue weighted by molar-refractivity contribution is 6.29. The van der Waals surface area contributed by atoms with Crippen molar-refractivity contribution in [1.82, 2.24) is 10.3 Å². The summed E-state index contributed by atoms with van der Waals surface area (Å²) in [5.41, 5.74) is 2.13. The van der Waals surface area contributed by atoms with Crippen LogP contribution >= 0.6 is 11.6 Å². The van der Waals surface area contributed by atoms with Crippen LogP contribution in [-0.4, -0.2) is 18.1 Å². The van der Waals surface area contributed by atoms with E-state index in [-0.39, 0.29) is 0 Å². The van der Waals surface area contributed by atoms with E-state index in [9.17, 15) is 0 Å². The molecule has 0 radical (unpaired) electrons. The van der Waals surface area contributed by atoms with Crippen LogP contribution in [0, 0.1) is 0 Å². The summed E-state index contributed by atoms with van der Waals surface area (Å²) in [7, 11) is 1.65. The molecule has 0 aliphatic heterocycles. The van der Waals surface area contributed by atoms with Gasteiger partial charge in [0.05, 0.1) is 7.11 Å². The highest BCUT2D eigenvalue weighted by Crippen LogP contribution is 2.29. The van der Waals surface area contributed by atoms with E-state index in [0.717, 1.165) is 30.0 Å². The monoisotopic (exact) mass is 334 g/mol. The third kappa shape index (κ3) is 5.41. The average Bonchev–Trinajstić information content (AvgIpc) is 2.59. The zero-order chi connectivity index (χ0) is 16.7. The zero-order valence-electron chi connectivity index (χ0n) is 13.8. The highest BCUT2D eigenvalue weighted by atomic mass is 35.5. The Morgan fingerprint density at radius 2 is 1.96 bits per heavy atom. The maximum absolute atomic E-state index is 5.83. The number of aromatic nitrogens is 1.